The van der Waals surface area contributed by atoms with E-state index in [1.807, 2.05) is 0 Å². The third kappa shape index (κ3) is 4.34. The zero-order valence-corrected chi connectivity index (χ0v) is 12.4. The largest absolute Gasteiger partial charge is 0.496 e. The van der Waals surface area contributed by atoms with Crippen LogP contribution in [0.2, 0.25) is 0 Å². The Kier molecular flexibility index (Phi) is 6.20. The van der Waals surface area contributed by atoms with Crippen LogP contribution in [-0.2, 0) is 0 Å². The predicted octanol–water partition coefficient (Wildman–Crippen LogP) is 4.09. The first-order valence-electron chi connectivity index (χ1n) is 6.96. The zero-order chi connectivity index (χ0) is 13.5. The molecule has 1 rings (SSSR count). The van der Waals surface area contributed by atoms with Crippen LogP contribution in [0.4, 0.5) is 0 Å². The Bertz CT molecular complexity index is 360. The predicted molar refractivity (Wildman–Crippen MR) is 78.2 cm³/mol. The van der Waals surface area contributed by atoms with Crippen LogP contribution >= 0.6 is 0 Å². The van der Waals surface area contributed by atoms with Crippen LogP contribution in [0.1, 0.15) is 50.8 Å². The van der Waals surface area contributed by atoms with Gasteiger partial charge in [0.2, 0.25) is 0 Å². The molecular formula is C16H27NO. The van der Waals surface area contributed by atoms with Crippen LogP contribution in [0, 0.1) is 12.8 Å². The molecule has 0 spiro atoms. The van der Waals surface area contributed by atoms with E-state index in [1.54, 1.807) is 7.11 Å². The molecule has 0 saturated carbocycles. The zero-order valence-electron chi connectivity index (χ0n) is 12.4. The summed E-state index contributed by atoms with van der Waals surface area (Å²) in [5, 5.41) is 3.58. The number of benzene rings is 1. The number of methoxy groups -OCH3 is 1. The normalized spacial score (nSPS) is 12.8. The molecule has 0 aliphatic carbocycles. The number of ether oxygens (including phenoxy) is 1. The SMILES string of the molecule is CCNC(CCC(C)C)c1ccc(OC)c(C)c1. The Morgan fingerprint density at radius 3 is 2.44 bits per heavy atom. The van der Waals surface area contributed by atoms with Crippen LogP contribution in [0.25, 0.3) is 0 Å². The molecule has 0 radical (unpaired) electrons. The number of hydrogen-bond acceptors (Lipinski definition) is 2. The quantitative estimate of drug-likeness (QED) is 0.786. The summed E-state index contributed by atoms with van der Waals surface area (Å²) in [6, 6.07) is 6.96. The molecular weight excluding hydrogens is 222 g/mol. The van der Waals surface area contributed by atoms with Gasteiger partial charge in [0.15, 0.2) is 0 Å². The van der Waals surface area contributed by atoms with Crippen LogP contribution in [0.15, 0.2) is 18.2 Å². The van der Waals surface area contributed by atoms with Crippen molar-refractivity contribution >= 4 is 0 Å². The van der Waals surface area contributed by atoms with Crippen molar-refractivity contribution in [2.24, 2.45) is 5.92 Å². The Morgan fingerprint density at radius 1 is 1.22 bits per heavy atom. The van der Waals surface area contributed by atoms with E-state index in [1.165, 1.54) is 24.0 Å². The fourth-order valence-electron chi connectivity index (χ4n) is 2.25. The Balaban J connectivity index is 2.81. The second-order valence-corrected chi connectivity index (χ2v) is 5.31. The van der Waals surface area contributed by atoms with Gasteiger partial charge in [-0.25, -0.2) is 0 Å². The summed E-state index contributed by atoms with van der Waals surface area (Å²) < 4.78 is 5.32. The highest BCUT2D eigenvalue weighted by molar-refractivity contribution is 5.37. The van der Waals surface area contributed by atoms with Crippen molar-refractivity contribution in [2.75, 3.05) is 13.7 Å². The van der Waals surface area contributed by atoms with Crippen molar-refractivity contribution in [3.63, 3.8) is 0 Å². The van der Waals surface area contributed by atoms with Crippen molar-refractivity contribution in [2.45, 2.75) is 46.6 Å². The van der Waals surface area contributed by atoms with Crippen LogP contribution in [0.5, 0.6) is 5.75 Å². The summed E-state index contributed by atoms with van der Waals surface area (Å²) in [4.78, 5) is 0. The standard InChI is InChI=1S/C16H27NO/c1-6-17-15(9-7-12(2)3)14-8-10-16(18-5)13(4)11-14/h8,10-12,15,17H,6-7,9H2,1-5H3. The summed E-state index contributed by atoms with van der Waals surface area (Å²) in [5.74, 6) is 1.73. The van der Waals surface area contributed by atoms with E-state index in [-0.39, 0.29) is 0 Å². The highest BCUT2D eigenvalue weighted by Crippen LogP contribution is 2.26. The first-order chi connectivity index (χ1) is 8.58. The van der Waals surface area contributed by atoms with E-state index in [9.17, 15) is 0 Å². The Labute approximate surface area is 112 Å². The van der Waals surface area contributed by atoms with Crippen molar-refractivity contribution in [3.05, 3.63) is 29.3 Å². The molecule has 1 aromatic carbocycles. The van der Waals surface area contributed by atoms with Gasteiger partial charge in [-0.1, -0.05) is 32.9 Å². The molecule has 0 aliphatic heterocycles. The first kappa shape index (κ1) is 15.0. The topological polar surface area (TPSA) is 21.3 Å². The van der Waals surface area contributed by atoms with Gasteiger partial charge >= 0.3 is 0 Å². The highest BCUT2D eigenvalue weighted by Gasteiger charge is 2.12. The van der Waals surface area contributed by atoms with E-state index in [2.05, 4.69) is 51.2 Å². The number of aryl methyl sites for hydroxylation is 1. The maximum absolute atomic E-state index is 5.32. The molecule has 2 nitrogen and oxygen atoms in total. The molecule has 18 heavy (non-hydrogen) atoms. The van der Waals surface area contributed by atoms with Gasteiger partial charge in [0.1, 0.15) is 5.75 Å². The molecule has 2 heteroatoms. The van der Waals surface area contributed by atoms with Gasteiger partial charge in [-0.2, -0.15) is 0 Å². The van der Waals surface area contributed by atoms with Crippen molar-refractivity contribution in [1.82, 2.24) is 5.32 Å². The maximum atomic E-state index is 5.32. The van der Waals surface area contributed by atoms with Gasteiger partial charge in [-0.15, -0.1) is 0 Å². The van der Waals surface area contributed by atoms with Gasteiger partial charge in [0.05, 0.1) is 7.11 Å². The fraction of sp³-hybridized carbons (Fsp3) is 0.625. The van der Waals surface area contributed by atoms with Crippen LogP contribution in [-0.4, -0.2) is 13.7 Å². The third-order valence-electron chi connectivity index (χ3n) is 3.30. The number of hydrogen-bond donors (Lipinski definition) is 1. The molecule has 0 fully saturated rings. The summed E-state index contributed by atoms with van der Waals surface area (Å²) in [7, 11) is 1.72. The molecule has 0 bridgehead atoms. The van der Waals surface area contributed by atoms with Crippen LogP contribution in [0.3, 0.4) is 0 Å². The third-order valence-corrected chi connectivity index (χ3v) is 3.30. The van der Waals surface area contributed by atoms with Gasteiger partial charge < -0.3 is 10.1 Å². The lowest BCUT2D eigenvalue weighted by Gasteiger charge is -2.20. The Morgan fingerprint density at radius 2 is 1.94 bits per heavy atom. The molecule has 0 amide bonds. The molecule has 0 aromatic heterocycles. The second kappa shape index (κ2) is 7.42. The fourth-order valence-corrected chi connectivity index (χ4v) is 2.25. The number of nitrogens with one attached hydrogen (secondary N) is 1. The van der Waals surface area contributed by atoms with Gasteiger partial charge in [0.25, 0.3) is 0 Å². The molecule has 0 aliphatic rings. The average molecular weight is 249 g/mol. The smallest absolute Gasteiger partial charge is 0.121 e. The molecule has 0 heterocycles. The van der Waals surface area contributed by atoms with E-state index in [0.29, 0.717) is 6.04 Å². The average Bonchev–Trinajstić information content (AvgIpc) is 2.34. The number of rotatable bonds is 7. The van der Waals surface area contributed by atoms with Gasteiger partial charge in [-0.05, 0) is 49.4 Å². The Hall–Kier alpha value is -1.02. The van der Waals surface area contributed by atoms with Crippen molar-refractivity contribution < 1.29 is 4.74 Å². The molecule has 102 valence electrons. The summed E-state index contributed by atoms with van der Waals surface area (Å²) in [6.07, 6.45) is 2.44. The monoisotopic (exact) mass is 249 g/mol. The summed E-state index contributed by atoms with van der Waals surface area (Å²) >= 11 is 0. The molecule has 1 unspecified atom stereocenters. The van der Waals surface area contributed by atoms with Crippen molar-refractivity contribution in [1.29, 1.82) is 0 Å². The minimum absolute atomic E-state index is 0.460. The first-order valence-corrected chi connectivity index (χ1v) is 6.96. The van der Waals surface area contributed by atoms with Crippen molar-refractivity contribution in [3.8, 4) is 5.75 Å². The lowest BCUT2D eigenvalue weighted by molar-refractivity contribution is 0.410. The van der Waals surface area contributed by atoms with E-state index < -0.39 is 0 Å². The lowest BCUT2D eigenvalue weighted by Crippen LogP contribution is -2.21. The van der Waals surface area contributed by atoms with Gasteiger partial charge in [-0.3, -0.25) is 0 Å². The van der Waals surface area contributed by atoms with Crippen LogP contribution < -0.4 is 10.1 Å². The molecule has 1 atom stereocenters. The maximum Gasteiger partial charge on any atom is 0.121 e. The lowest BCUT2D eigenvalue weighted by atomic mass is 9.96. The second-order valence-electron chi connectivity index (χ2n) is 5.31. The van der Waals surface area contributed by atoms with E-state index in [0.717, 1.165) is 18.2 Å². The summed E-state index contributed by atoms with van der Waals surface area (Å²) in [6.45, 7) is 9.84. The van der Waals surface area contributed by atoms with E-state index >= 15 is 0 Å². The highest BCUT2D eigenvalue weighted by atomic mass is 16.5. The minimum atomic E-state index is 0.460. The van der Waals surface area contributed by atoms with E-state index in [4.69, 9.17) is 4.74 Å². The molecule has 1 N–H and O–H groups in total. The summed E-state index contributed by atoms with van der Waals surface area (Å²) in [5.41, 5.74) is 2.58. The van der Waals surface area contributed by atoms with Gasteiger partial charge in [0, 0.05) is 6.04 Å². The minimum Gasteiger partial charge on any atom is -0.496 e. The molecule has 0 saturated heterocycles. The molecule has 1 aromatic rings.